The van der Waals surface area contributed by atoms with E-state index < -0.39 is 11.7 Å². The Hall–Kier alpha value is -2.44. The van der Waals surface area contributed by atoms with Crippen LogP contribution in [0.1, 0.15) is 12.0 Å². The first kappa shape index (κ1) is 15.1. The number of benzene rings is 1. The first-order valence-corrected chi connectivity index (χ1v) is 8.06. The fraction of sp³-hybridized carbons (Fsp3) is 0.333. The number of aromatic nitrogens is 3. The molecule has 0 radical (unpaired) electrons. The highest BCUT2D eigenvalue weighted by atomic mass is 16.3. The SMILES string of the molecule is Cn1ccc2c(N3CC[C@](O)(c4ccccc4)[C@@H](O)C3)ncnc21. The monoisotopic (exact) mass is 324 g/mol. The molecule has 2 atom stereocenters. The Balaban J connectivity index is 1.65. The van der Waals surface area contributed by atoms with Crippen LogP contribution in [0.4, 0.5) is 5.82 Å². The van der Waals surface area contributed by atoms with Gasteiger partial charge in [-0.15, -0.1) is 0 Å². The number of aryl methyl sites for hydroxylation is 1. The largest absolute Gasteiger partial charge is 0.388 e. The van der Waals surface area contributed by atoms with Crippen LogP contribution in [-0.2, 0) is 12.6 Å². The second kappa shape index (κ2) is 5.58. The molecule has 0 unspecified atom stereocenters. The van der Waals surface area contributed by atoms with E-state index in [9.17, 15) is 10.2 Å². The summed E-state index contributed by atoms with van der Waals surface area (Å²) in [6, 6.07) is 11.4. The molecule has 4 rings (SSSR count). The predicted octanol–water partition coefficient (Wildman–Crippen LogP) is 1.43. The van der Waals surface area contributed by atoms with Crippen molar-refractivity contribution in [3.8, 4) is 0 Å². The quantitative estimate of drug-likeness (QED) is 0.746. The number of nitrogens with zero attached hydrogens (tertiary/aromatic N) is 4. The zero-order valence-electron chi connectivity index (χ0n) is 13.5. The van der Waals surface area contributed by atoms with Crippen LogP contribution >= 0.6 is 0 Å². The van der Waals surface area contributed by atoms with Crippen LogP contribution in [0.3, 0.4) is 0 Å². The molecule has 1 fully saturated rings. The van der Waals surface area contributed by atoms with Crippen LogP contribution in [0.2, 0.25) is 0 Å². The number of aliphatic hydroxyl groups is 2. The lowest BCUT2D eigenvalue weighted by atomic mass is 9.82. The first-order valence-electron chi connectivity index (χ1n) is 8.06. The van der Waals surface area contributed by atoms with Gasteiger partial charge in [0.05, 0.1) is 5.39 Å². The maximum atomic E-state index is 11.0. The third-order valence-corrected chi connectivity index (χ3v) is 4.92. The van der Waals surface area contributed by atoms with E-state index in [4.69, 9.17) is 0 Å². The van der Waals surface area contributed by atoms with Gasteiger partial charge in [-0.1, -0.05) is 30.3 Å². The van der Waals surface area contributed by atoms with Crippen molar-refractivity contribution >= 4 is 16.9 Å². The van der Waals surface area contributed by atoms with Crippen molar-refractivity contribution < 1.29 is 10.2 Å². The summed E-state index contributed by atoms with van der Waals surface area (Å²) in [7, 11) is 1.94. The van der Waals surface area contributed by atoms with Crippen molar-refractivity contribution in [1.82, 2.24) is 14.5 Å². The van der Waals surface area contributed by atoms with E-state index in [1.165, 1.54) is 0 Å². The van der Waals surface area contributed by atoms with Crippen LogP contribution in [0, 0.1) is 0 Å². The fourth-order valence-electron chi connectivity index (χ4n) is 3.50. The number of anilines is 1. The normalized spacial score (nSPS) is 24.5. The zero-order chi connectivity index (χ0) is 16.7. The van der Waals surface area contributed by atoms with Crippen LogP contribution in [0.5, 0.6) is 0 Å². The summed E-state index contributed by atoms with van der Waals surface area (Å²) in [5.74, 6) is 0.801. The fourth-order valence-corrected chi connectivity index (χ4v) is 3.50. The van der Waals surface area contributed by atoms with Crippen LogP contribution < -0.4 is 4.90 Å². The van der Waals surface area contributed by atoms with Gasteiger partial charge in [0.2, 0.25) is 0 Å². The first-order chi connectivity index (χ1) is 11.6. The lowest BCUT2D eigenvalue weighted by Gasteiger charge is -2.43. The molecule has 0 spiro atoms. The Morgan fingerprint density at radius 3 is 2.71 bits per heavy atom. The molecular weight excluding hydrogens is 304 g/mol. The molecule has 2 aromatic heterocycles. The van der Waals surface area contributed by atoms with E-state index in [2.05, 4.69) is 9.97 Å². The van der Waals surface area contributed by atoms with Gasteiger partial charge in [-0.05, 0) is 11.6 Å². The van der Waals surface area contributed by atoms with E-state index >= 15 is 0 Å². The molecule has 0 bridgehead atoms. The molecular formula is C18H20N4O2. The minimum absolute atomic E-state index is 0.326. The summed E-state index contributed by atoms with van der Waals surface area (Å²) in [5, 5.41) is 22.6. The van der Waals surface area contributed by atoms with Crippen molar-refractivity contribution in [1.29, 1.82) is 0 Å². The highest BCUT2D eigenvalue weighted by Gasteiger charge is 2.42. The zero-order valence-corrected chi connectivity index (χ0v) is 13.5. The summed E-state index contributed by atoms with van der Waals surface area (Å²) in [6.07, 6.45) is 3.05. The second-order valence-electron chi connectivity index (χ2n) is 6.36. The minimum atomic E-state index is -1.22. The Bertz CT molecular complexity index is 864. The lowest BCUT2D eigenvalue weighted by Crippen LogP contribution is -2.53. The number of rotatable bonds is 2. The molecule has 6 nitrogen and oxygen atoms in total. The maximum absolute atomic E-state index is 11.0. The molecule has 1 aliphatic rings. The van der Waals surface area contributed by atoms with Crippen molar-refractivity contribution in [3.63, 3.8) is 0 Å². The van der Waals surface area contributed by atoms with Gasteiger partial charge in [0.25, 0.3) is 0 Å². The lowest BCUT2D eigenvalue weighted by molar-refractivity contribution is -0.0917. The number of β-amino-alcohol motifs (C(OH)–C–C–N with tert-alkyl or cyclic N) is 1. The summed E-state index contributed by atoms with van der Waals surface area (Å²) in [5.41, 5.74) is 0.392. The molecule has 6 heteroatoms. The van der Waals surface area contributed by atoms with Crippen LogP contribution in [0.15, 0.2) is 48.9 Å². The van der Waals surface area contributed by atoms with E-state index in [0.29, 0.717) is 19.5 Å². The van der Waals surface area contributed by atoms with E-state index in [0.717, 1.165) is 22.4 Å². The van der Waals surface area contributed by atoms with Gasteiger partial charge in [0, 0.05) is 32.8 Å². The topological polar surface area (TPSA) is 74.4 Å². The van der Waals surface area contributed by atoms with Crippen LogP contribution in [0.25, 0.3) is 11.0 Å². The average Bonchev–Trinajstić information content (AvgIpc) is 3.00. The molecule has 24 heavy (non-hydrogen) atoms. The molecule has 1 saturated heterocycles. The minimum Gasteiger partial charge on any atom is -0.388 e. The highest BCUT2D eigenvalue weighted by Crippen LogP contribution is 2.35. The van der Waals surface area contributed by atoms with Gasteiger partial charge in [-0.3, -0.25) is 0 Å². The van der Waals surface area contributed by atoms with Gasteiger partial charge in [0.15, 0.2) is 0 Å². The number of hydrogen-bond donors (Lipinski definition) is 2. The number of hydrogen-bond acceptors (Lipinski definition) is 5. The summed E-state index contributed by atoms with van der Waals surface area (Å²) in [4.78, 5) is 10.7. The van der Waals surface area contributed by atoms with E-state index in [-0.39, 0.29) is 0 Å². The standard InChI is InChI=1S/C18H20N4O2/c1-21-9-7-14-16(21)19-12-20-17(14)22-10-8-18(24,15(23)11-22)13-5-3-2-4-6-13/h2-7,9,12,15,23-24H,8,10-11H2,1H3/t15-,18-/m0/s1. The third-order valence-electron chi connectivity index (χ3n) is 4.92. The summed E-state index contributed by atoms with van der Waals surface area (Å²) in [6.45, 7) is 0.940. The molecule has 0 aliphatic carbocycles. The van der Waals surface area contributed by atoms with Gasteiger partial charge >= 0.3 is 0 Å². The smallest absolute Gasteiger partial charge is 0.145 e. The van der Waals surface area contributed by atoms with Gasteiger partial charge in [0.1, 0.15) is 29.5 Å². The van der Waals surface area contributed by atoms with Crippen molar-refractivity contribution in [2.24, 2.45) is 7.05 Å². The van der Waals surface area contributed by atoms with Crippen molar-refractivity contribution in [3.05, 3.63) is 54.5 Å². The van der Waals surface area contributed by atoms with E-state index in [1.807, 2.05) is 59.1 Å². The number of fused-ring (bicyclic) bond motifs is 1. The van der Waals surface area contributed by atoms with Crippen molar-refractivity contribution in [2.75, 3.05) is 18.0 Å². The van der Waals surface area contributed by atoms with Gasteiger partial charge < -0.3 is 19.7 Å². The predicted molar refractivity (Wildman–Crippen MR) is 91.7 cm³/mol. The molecule has 0 saturated carbocycles. The molecule has 3 aromatic rings. The number of piperidine rings is 1. The Kier molecular flexibility index (Phi) is 3.51. The molecule has 124 valence electrons. The molecule has 1 aliphatic heterocycles. The molecule has 2 N–H and O–H groups in total. The van der Waals surface area contributed by atoms with Gasteiger partial charge in [-0.2, -0.15) is 0 Å². The highest BCUT2D eigenvalue weighted by molar-refractivity contribution is 5.87. The number of aliphatic hydroxyl groups excluding tert-OH is 1. The maximum Gasteiger partial charge on any atom is 0.145 e. The van der Waals surface area contributed by atoms with Crippen LogP contribution in [-0.4, -0.2) is 43.9 Å². The average molecular weight is 324 g/mol. The Morgan fingerprint density at radius 1 is 1.17 bits per heavy atom. The van der Waals surface area contributed by atoms with E-state index in [1.54, 1.807) is 6.33 Å². The summed E-state index contributed by atoms with van der Waals surface area (Å²) < 4.78 is 1.95. The van der Waals surface area contributed by atoms with Gasteiger partial charge in [-0.25, -0.2) is 9.97 Å². The Morgan fingerprint density at radius 2 is 1.96 bits per heavy atom. The van der Waals surface area contributed by atoms with Crippen molar-refractivity contribution in [2.45, 2.75) is 18.1 Å². The molecule has 1 aromatic carbocycles. The second-order valence-corrected chi connectivity index (χ2v) is 6.36. The molecule has 0 amide bonds. The molecule has 3 heterocycles. The summed E-state index contributed by atoms with van der Waals surface area (Å²) >= 11 is 0. The third kappa shape index (κ3) is 2.26. The Labute approximate surface area is 140 Å².